The van der Waals surface area contributed by atoms with Crippen molar-refractivity contribution in [2.45, 2.75) is 26.2 Å². The third kappa shape index (κ3) is 4.07. The van der Waals surface area contributed by atoms with Gasteiger partial charge in [0.25, 0.3) is 5.91 Å². The Kier molecular flexibility index (Phi) is 5.32. The number of rotatable bonds is 6. The number of carbonyl (C=O) groups is 2. The molecule has 2 unspecified atom stereocenters. The van der Waals surface area contributed by atoms with Gasteiger partial charge in [-0.3, -0.25) is 14.3 Å². The molecule has 7 heteroatoms. The predicted octanol–water partition coefficient (Wildman–Crippen LogP) is 3.20. The normalized spacial score (nSPS) is 18.7. The summed E-state index contributed by atoms with van der Waals surface area (Å²) in [6, 6.07) is 7.58. The minimum atomic E-state index is -0.237. The largest absolute Gasteiger partial charge is 0.350 e. The lowest BCUT2D eigenvalue weighted by Crippen LogP contribution is -2.30. The molecule has 138 valence electrons. The molecular formula is C19H23ClN4O2. The highest BCUT2D eigenvalue weighted by Crippen LogP contribution is 2.48. The fourth-order valence-corrected chi connectivity index (χ4v) is 3.09. The van der Waals surface area contributed by atoms with Crippen molar-refractivity contribution >= 4 is 29.1 Å². The molecule has 0 saturated heterocycles. The Balaban J connectivity index is 1.65. The van der Waals surface area contributed by atoms with E-state index in [1.807, 2.05) is 38.1 Å². The molecule has 2 atom stereocenters. The van der Waals surface area contributed by atoms with Gasteiger partial charge in [0.2, 0.25) is 5.91 Å². The number of hydrogen-bond acceptors (Lipinski definition) is 3. The van der Waals surface area contributed by atoms with Crippen LogP contribution in [0.3, 0.4) is 0 Å². The molecule has 26 heavy (non-hydrogen) atoms. The number of aromatic nitrogens is 2. The highest BCUT2D eigenvalue weighted by molar-refractivity contribution is 6.30. The van der Waals surface area contributed by atoms with Gasteiger partial charge in [-0.15, -0.1) is 0 Å². The van der Waals surface area contributed by atoms with Crippen LogP contribution in [0.5, 0.6) is 0 Å². The fraction of sp³-hybridized carbons (Fsp3) is 0.421. The van der Waals surface area contributed by atoms with Gasteiger partial charge in [0.15, 0.2) is 0 Å². The van der Waals surface area contributed by atoms with E-state index in [1.165, 1.54) is 10.9 Å². The summed E-state index contributed by atoms with van der Waals surface area (Å²) in [5.41, 5.74) is 1.92. The molecule has 1 aliphatic rings. The first-order valence-electron chi connectivity index (χ1n) is 8.73. The van der Waals surface area contributed by atoms with Gasteiger partial charge in [-0.25, -0.2) is 0 Å². The highest BCUT2D eigenvalue weighted by Gasteiger charge is 2.44. The lowest BCUT2D eigenvalue weighted by Gasteiger charge is -2.10. The molecule has 6 nitrogen and oxygen atoms in total. The molecule has 1 saturated carbocycles. The zero-order valence-corrected chi connectivity index (χ0v) is 15.9. The van der Waals surface area contributed by atoms with E-state index in [9.17, 15) is 9.59 Å². The second kappa shape index (κ2) is 7.50. The average Bonchev–Trinajstić information content (AvgIpc) is 3.31. The second-order valence-corrected chi connectivity index (χ2v) is 7.56. The van der Waals surface area contributed by atoms with Gasteiger partial charge in [-0.1, -0.05) is 37.6 Å². The van der Waals surface area contributed by atoms with Crippen LogP contribution < -0.4 is 10.6 Å². The minimum absolute atomic E-state index is 0.0872. The maximum absolute atomic E-state index is 12.6. The topological polar surface area (TPSA) is 76.0 Å². The Morgan fingerprint density at radius 2 is 2.00 bits per heavy atom. The number of hydrogen-bond donors (Lipinski definition) is 2. The van der Waals surface area contributed by atoms with E-state index in [4.69, 9.17) is 11.6 Å². The van der Waals surface area contributed by atoms with Crippen LogP contribution in [-0.2, 0) is 11.8 Å². The van der Waals surface area contributed by atoms with Crippen LogP contribution in [0.25, 0.3) is 0 Å². The van der Waals surface area contributed by atoms with E-state index in [2.05, 4.69) is 15.7 Å². The average molecular weight is 375 g/mol. The van der Waals surface area contributed by atoms with Crippen LogP contribution in [0.2, 0.25) is 5.02 Å². The van der Waals surface area contributed by atoms with Crippen LogP contribution in [-0.4, -0.2) is 28.1 Å². The quantitative estimate of drug-likeness (QED) is 0.815. The third-order valence-corrected chi connectivity index (χ3v) is 4.76. The van der Waals surface area contributed by atoms with Crippen molar-refractivity contribution in [3.8, 4) is 0 Å². The SMILES string of the molecule is CC(C)CNC(=O)c1c(NC(=O)C2CC2c2ccc(Cl)cc2)cnn1C. The Hall–Kier alpha value is -2.34. The van der Waals surface area contributed by atoms with Crippen LogP contribution in [0.15, 0.2) is 30.5 Å². The lowest BCUT2D eigenvalue weighted by molar-refractivity contribution is -0.117. The molecule has 2 aromatic rings. The summed E-state index contributed by atoms with van der Waals surface area (Å²) in [6.07, 6.45) is 2.31. The van der Waals surface area contributed by atoms with Gasteiger partial charge < -0.3 is 10.6 Å². The molecule has 0 radical (unpaired) electrons. The van der Waals surface area contributed by atoms with Crippen molar-refractivity contribution < 1.29 is 9.59 Å². The molecule has 3 rings (SSSR count). The molecule has 1 aromatic carbocycles. The first kappa shape index (κ1) is 18.5. The summed E-state index contributed by atoms with van der Waals surface area (Å²) < 4.78 is 1.48. The van der Waals surface area contributed by atoms with E-state index in [0.29, 0.717) is 28.9 Å². The molecule has 1 aliphatic carbocycles. The van der Waals surface area contributed by atoms with Crippen molar-refractivity contribution in [1.29, 1.82) is 0 Å². The number of aryl methyl sites for hydroxylation is 1. The third-order valence-electron chi connectivity index (χ3n) is 4.51. The fourth-order valence-electron chi connectivity index (χ4n) is 2.97. The smallest absolute Gasteiger partial charge is 0.271 e. The Morgan fingerprint density at radius 1 is 1.31 bits per heavy atom. The van der Waals surface area contributed by atoms with E-state index < -0.39 is 0 Å². The van der Waals surface area contributed by atoms with E-state index in [1.54, 1.807) is 7.05 Å². The number of nitrogens with zero attached hydrogens (tertiary/aromatic N) is 2. The van der Waals surface area contributed by atoms with Crippen molar-refractivity contribution in [1.82, 2.24) is 15.1 Å². The van der Waals surface area contributed by atoms with Crippen molar-refractivity contribution in [2.24, 2.45) is 18.9 Å². The maximum Gasteiger partial charge on any atom is 0.271 e. The number of halogens is 1. The number of benzene rings is 1. The summed E-state index contributed by atoms with van der Waals surface area (Å²) in [6.45, 7) is 4.62. The molecule has 2 amide bonds. The van der Waals surface area contributed by atoms with Crippen molar-refractivity contribution in [3.63, 3.8) is 0 Å². The van der Waals surface area contributed by atoms with E-state index >= 15 is 0 Å². The van der Waals surface area contributed by atoms with Gasteiger partial charge >= 0.3 is 0 Å². The molecule has 0 spiro atoms. The van der Waals surface area contributed by atoms with E-state index in [0.717, 1.165) is 12.0 Å². The highest BCUT2D eigenvalue weighted by atomic mass is 35.5. The predicted molar refractivity (Wildman–Crippen MR) is 101 cm³/mol. The van der Waals surface area contributed by atoms with Gasteiger partial charge in [-0.05, 0) is 36.0 Å². The summed E-state index contributed by atoms with van der Waals surface area (Å²) in [4.78, 5) is 25.0. The van der Waals surface area contributed by atoms with Crippen LogP contribution in [0.4, 0.5) is 5.69 Å². The molecule has 1 heterocycles. The van der Waals surface area contributed by atoms with Gasteiger partial charge in [0.05, 0.1) is 11.9 Å². The van der Waals surface area contributed by atoms with Gasteiger partial charge in [0, 0.05) is 24.5 Å². The minimum Gasteiger partial charge on any atom is -0.350 e. The van der Waals surface area contributed by atoms with Crippen LogP contribution >= 0.6 is 11.6 Å². The Bertz CT molecular complexity index is 813. The Labute approximate surface area is 157 Å². The summed E-state index contributed by atoms with van der Waals surface area (Å²) in [5.74, 6) is 0.122. The molecular weight excluding hydrogens is 352 g/mol. The molecule has 1 aromatic heterocycles. The monoisotopic (exact) mass is 374 g/mol. The molecule has 1 fully saturated rings. The standard InChI is InChI=1S/C19H23ClN4O2/c1-11(2)9-21-19(26)17-16(10-22-24(17)3)23-18(25)15-8-14(15)12-4-6-13(20)7-5-12/h4-7,10-11,14-15H,8-9H2,1-3H3,(H,21,26)(H,23,25). The summed E-state index contributed by atoms with van der Waals surface area (Å²) in [7, 11) is 1.69. The number of anilines is 1. The maximum atomic E-state index is 12.6. The number of nitrogens with one attached hydrogen (secondary N) is 2. The molecule has 2 N–H and O–H groups in total. The Morgan fingerprint density at radius 3 is 2.65 bits per heavy atom. The number of carbonyl (C=O) groups excluding carboxylic acids is 2. The van der Waals surface area contributed by atoms with Crippen molar-refractivity contribution in [3.05, 3.63) is 46.7 Å². The molecule has 0 bridgehead atoms. The second-order valence-electron chi connectivity index (χ2n) is 7.12. The first-order valence-corrected chi connectivity index (χ1v) is 9.11. The summed E-state index contributed by atoms with van der Waals surface area (Å²) in [5, 5.41) is 10.5. The van der Waals surface area contributed by atoms with Crippen LogP contribution in [0.1, 0.15) is 42.2 Å². The van der Waals surface area contributed by atoms with E-state index in [-0.39, 0.29) is 23.7 Å². The molecule has 0 aliphatic heterocycles. The van der Waals surface area contributed by atoms with Crippen molar-refractivity contribution in [2.75, 3.05) is 11.9 Å². The number of amides is 2. The zero-order chi connectivity index (χ0) is 18.8. The zero-order valence-electron chi connectivity index (χ0n) is 15.1. The first-order chi connectivity index (χ1) is 12.4. The van der Waals surface area contributed by atoms with Gasteiger partial charge in [-0.2, -0.15) is 5.10 Å². The van der Waals surface area contributed by atoms with Crippen LogP contribution in [0, 0.1) is 11.8 Å². The van der Waals surface area contributed by atoms with Gasteiger partial charge in [0.1, 0.15) is 5.69 Å². The lowest BCUT2D eigenvalue weighted by atomic mass is 10.1. The summed E-state index contributed by atoms with van der Waals surface area (Å²) >= 11 is 5.91.